The summed E-state index contributed by atoms with van der Waals surface area (Å²) in [6.45, 7) is 9.70. The fourth-order valence-electron chi connectivity index (χ4n) is 4.95. The Labute approximate surface area is 283 Å². The summed E-state index contributed by atoms with van der Waals surface area (Å²) in [7, 11) is 3.24. The Hall–Kier alpha value is -4.49. The maximum Gasteiger partial charge on any atom is 0.409 e. The van der Waals surface area contributed by atoms with Crippen LogP contribution in [0.5, 0.6) is 0 Å². The molecule has 0 spiro atoms. The summed E-state index contributed by atoms with van der Waals surface area (Å²) in [6, 6.07) is 5.87. The molecule has 1 aromatic carbocycles. The number of ether oxygens (including phenoxy) is 1. The molecule has 1 fully saturated rings. The molecule has 1 aliphatic heterocycles. The molecule has 1 aromatic rings. The number of nitrogens with zero attached hydrogens (tertiary/aromatic N) is 3. The van der Waals surface area contributed by atoms with Crippen molar-refractivity contribution in [1.82, 2.24) is 25.3 Å². The summed E-state index contributed by atoms with van der Waals surface area (Å²) in [5, 5.41) is 8.01. The number of anilines is 1. The van der Waals surface area contributed by atoms with Crippen LogP contribution in [0.4, 0.5) is 10.5 Å². The maximum atomic E-state index is 12.8. The van der Waals surface area contributed by atoms with Gasteiger partial charge in [0.05, 0.1) is 6.54 Å². The Morgan fingerprint density at radius 3 is 2.15 bits per heavy atom. The van der Waals surface area contributed by atoms with Crippen LogP contribution in [0.2, 0.25) is 0 Å². The molecule has 0 aliphatic carbocycles. The molecule has 0 saturated carbocycles. The lowest BCUT2D eigenvalue weighted by Crippen LogP contribution is -2.51. The van der Waals surface area contributed by atoms with E-state index in [2.05, 4.69) is 16.0 Å². The van der Waals surface area contributed by atoms with Crippen molar-refractivity contribution in [3.63, 3.8) is 0 Å². The van der Waals surface area contributed by atoms with Gasteiger partial charge >= 0.3 is 6.09 Å². The van der Waals surface area contributed by atoms with E-state index in [9.17, 15) is 33.6 Å². The normalized spacial score (nSPS) is 14.9. The van der Waals surface area contributed by atoms with E-state index in [0.717, 1.165) is 0 Å². The minimum Gasteiger partial charge on any atom is -0.445 e. The van der Waals surface area contributed by atoms with Gasteiger partial charge in [-0.25, -0.2) is 4.79 Å². The average molecular weight is 673 g/mol. The number of likely N-dealkylation sites (tertiary alicyclic amines) is 1. The van der Waals surface area contributed by atoms with Crippen molar-refractivity contribution in [1.29, 1.82) is 0 Å². The SMILES string of the molecule is CC(=O)N(C)CCN(C)C(=O)OCc1ccc(NC(=O)CNC(=O)C(NC(=O)CCCCCN2C(=O)CC(C(C)C)C2=O)C(C)C)cc1. The van der Waals surface area contributed by atoms with Gasteiger partial charge in [-0.1, -0.05) is 46.2 Å². The van der Waals surface area contributed by atoms with Gasteiger partial charge in [0.15, 0.2) is 0 Å². The van der Waals surface area contributed by atoms with Crippen LogP contribution in [-0.4, -0.2) is 103 Å². The van der Waals surface area contributed by atoms with Crippen molar-refractivity contribution in [3.8, 4) is 0 Å². The van der Waals surface area contributed by atoms with Crippen LogP contribution in [0.1, 0.15) is 72.3 Å². The molecular weight excluding hydrogens is 620 g/mol. The number of hydrogen-bond donors (Lipinski definition) is 3. The third kappa shape index (κ3) is 13.0. The topological polar surface area (TPSA) is 175 Å². The molecule has 1 saturated heterocycles. The second-order valence-corrected chi connectivity index (χ2v) is 12.9. The average Bonchev–Trinajstić information content (AvgIpc) is 3.32. The van der Waals surface area contributed by atoms with Crippen molar-refractivity contribution in [2.45, 2.75) is 79.4 Å². The van der Waals surface area contributed by atoms with Gasteiger partial charge in [-0.05, 0) is 42.4 Å². The molecular formula is C34H52N6O8. The van der Waals surface area contributed by atoms with Gasteiger partial charge in [-0.2, -0.15) is 0 Å². The Kier molecular flexibility index (Phi) is 16.0. The molecule has 2 atom stereocenters. The lowest BCUT2D eigenvalue weighted by Gasteiger charge is -2.22. The van der Waals surface area contributed by atoms with Crippen LogP contribution in [0.3, 0.4) is 0 Å². The second-order valence-electron chi connectivity index (χ2n) is 12.9. The van der Waals surface area contributed by atoms with Gasteiger partial charge in [0.2, 0.25) is 35.4 Å². The standard InChI is InChI=1S/C34H52N6O8/c1-22(2)27-19-30(44)40(33(27)46)16-10-8-9-11-28(42)37-31(23(3)4)32(45)35-20-29(43)36-26-14-12-25(13-15-26)21-48-34(47)39(7)18-17-38(6)24(5)41/h12-15,22-23,27,31H,8-11,16-21H2,1-7H3,(H,35,45)(H,36,43)(H,37,42). The van der Waals surface area contributed by atoms with E-state index < -0.39 is 23.9 Å². The monoisotopic (exact) mass is 672 g/mol. The largest absolute Gasteiger partial charge is 0.445 e. The highest BCUT2D eigenvalue weighted by Crippen LogP contribution is 2.26. The van der Waals surface area contributed by atoms with Crippen molar-refractivity contribution >= 4 is 47.2 Å². The summed E-state index contributed by atoms with van der Waals surface area (Å²) in [4.78, 5) is 90.2. The number of carbonyl (C=O) groups excluding carboxylic acids is 7. The number of hydrogen-bond acceptors (Lipinski definition) is 8. The molecule has 0 bridgehead atoms. The molecule has 1 heterocycles. The molecule has 0 aromatic heterocycles. The highest BCUT2D eigenvalue weighted by Gasteiger charge is 2.39. The number of benzene rings is 1. The van der Waals surface area contributed by atoms with E-state index in [1.807, 2.05) is 13.8 Å². The van der Waals surface area contributed by atoms with Gasteiger partial charge in [0.25, 0.3) is 0 Å². The van der Waals surface area contributed by atoms with E-state index in [1.54, 1.807) is 52.2 Å². The predicted octanol–water partition coefficient (Wildman–Crippen LogP) is 2.52. The van der Waals surface area contributed by atoms with Gasteiger partial charge in [-0.15, -0.1) is 0 Å². The molecule has 48 heavy (non-hydrogen) atoms. The molecule has 14 heteroatoms. The molecule has 7 amide bonds. The first-order valence-electron chi connectivity index (χ1n) is 16.5. The van der Waals surface area contributed by atoms with E-state index in [0.29, 0.717) is 50.1 Å². The van der Waals surface area contributed by atoms with Crippen LogP contribution in [0.25, 0.3) is 0 Å². The van der Waals surface area contributed by atoms with Crippen molar-refractivity contribution < 1.29 is 38.3 Å². The number of unbranched alkanes of at least 4 members (excludes halogenated alkanes) is 2. The Bertz CT molecular complexity index is 1300. The van der Waals surface area contributed by atoms with E-state index >= 15 is 0 Å². The van der Waals surface area contributed by atoms with Gasteiger partial charge in [0, 0.05) is 65.1 Å². The maximum absolute atomic E-state index is 12.8. The molecule has 0 radical (unpaired) electrons. The quantitative estimate of drug-likeness (QED) is 0.158. The summed E-state index contributed by atoms with van der Waals surface area (Å²) in [6.07, 6.45) is 1.73. The van der Waals surface area contributed by atoms with Crippen LogP contribution >= 0.6 is 0 Å². The third-order valence-corrected chi connectivity index (χ3v) is 8.28. The van der Waals surface area contributed by atoms with Crippen LogP contribution < -0.4 is 16.0 Å². The molecule has 2 unspecified atom stereocenters. The molecule has 3 N–H and O–H groups in total. The highest BCUT2D eigenvalue weighted by molar-refractivity contribution is 6.03. The lowest BCUT2D eigenvalue weighted by molar-refractivity contribution is -0.140. The number of rotatable bonds is 18. The summed E-state index contributed by atoms with van der Waals surface area (Å²) >= 11 is 0. The lowest BCUT2D eigenvalue weighted by atomic mass is 9.94. The Balaban J connectivity index is 1.70. The minimum absolute atomic E-state index is 0.0256. The summed E-state index contributed by atoms with van der Waals surface area (Å²) in [5.41, 5.74) is 1.19. The van der Waals surface area contributed by atoms with E-state index in [-0.39, 0.29) is 67.4 Å². The fraction of sp³-hybridized carbons (Fsp3) is 0.618. The number of amides is 7. The zero-order valence-corrected chi connectivity index (χ0v) is 29.3. The van der Waals surface area contributed by atoms with Crippen LogP contribution in [0.15, 0.2) is 24.3 Å². The predicted molar refractivity (Wildman–Crippen MR) is 179 cm³/mol. The zero-order valence-electron chi connectivity index (χ0n) is 29.3. The number of imide groups is 1. The van der Waals surface area contributed by atoms with Crippen LogP contribution in [0, 0.1) is 17.8 Å². The Morgan fingerprint density at radius 2 is 1.56 bits per heavy atom. The number of carbonyl (C=O) groups is 7. The smallest absolute Gasteiger partial charge is 0.409 e. The van der Waals surface area contributed by atoms with Gasteiger partial charge in [0.1, 0.15) is 12.6 Å². The number of nitrogens with one attached hydrogen (secondary N) is 3. The minimum atomic E-state index is -0.825. The van der Waals surface area contributed by atoms with Crippen molar-refractivity contribution in [3.05, 3.63) is 29.8 Å². The summed E-state index contributed by atoms with van der Waals surface area (Å²) < 4.78 is 5.30. The Morgan fingerprint density at radius 1 is 0.917 bits per heavy atom. The highest BCUT2D eigenvalue weighted by atomic mass is 16.6. The van der Waals surface area contributed by atoms with Crippen LogP contribution in [-0.2, 0) is 40.1 Å². The van der Waals surface area contributed by atoms with Crippen molar-refractivity contribution in [2.75, 3.05) is 45.6 Å². The van der Waals surface area contributed by atoms with E-state index in [4.69, 9.17) is 4.74 Å². The van der Waals surface area contributed by atoms with Gasteiger partial charge in [-0.3, -0.25) is 33.7 Å². The van der Waals surface area contributed by atoms with Crippen molar-refractivity contribution in [2.24, 2.45) is 17.8 Å². The molecule has 14 nitrogen and oxygen atoms in total. The molecule has 2 rings (SSSR count). The van der Waals surface area contributed by atoms with Gasteiger partial charge < -0.3 is 30.5 Å². The van der Waals surface area contributed by atoms with E-state index in [1.165, 1.54) is 21.6 Å². The zero-order chi connectivity index (χ0) is 36.0. The number of likely N-dealkylation sites (N-methyl/N-ethyl adjacent to an activating group) is 2. The fourth-order valence-corrected chi connectivity index (χ4v) is 4.95. The third-order valence-electron chi connectivity index (χ3n) is 8.28. The summed E-state index contributed by atoms with van der Waals surface area (Å²) in [5.74, 6) is -1.92. The first-order chi connectivity index (χ1) is 22.6. The molecule has 266 valence electrons. The second kappa shape index (κ2) is 19.4. The first kappa shape index (κ1) is 39.7. The molecule has 1 aliphatic rings. The first-order valence-corrected chi connectivity index (χ1v) is 16.5.